The Morgan fingerprint density at radius 1 is 1.35 bits per heavy atom. The predicted molar refractivity (Wildman–Crippen MR) is 77.1 cm³/mol. The first-order valence-corrected chi connectivity index (χ1v) is 6.69. The Bertz CT molecular complexity index is 547. The Balaban J connectivity index is 2.30. The molecular weight excluding hydrogens is 256 g/mol. The van der Waals surface area contributed by atoms with Gasteiger partial charge in [0, 0.05) is 23.3 Å². The third-order valence-corrected chi connectivity index (χ3v) is 3.41. The maximum atomic E-state index is 12.6. The number of benzene rings is 1. The molecule has 2 rings (SSSR count). The highest BCUT2D eigenvalue weighted by atomic mass is 16.4. The van der Waals surface area contributed by atoms with Crippen LogP contribution in [0.3, 0.4) is 0 Å². The zero-order valence-corrected chi connectivity index (χ0v) is 12.1. The van der Waals surface area contributed by atoms with Crippen LogP contribution in [0.15, 0.2) is 18.2 Å². The van der Waals surface area contributed by atoms with Crippen LogP contribution in [-0.2, 0) is 11.2 Å². The van der Waals surface area contributed by atoms with Gasteiger partial charge >= 0.3 is 5.97 Å². The van der Waals surface area contributed by atoms with Crippen molar-refractivity contribution < 1.29 is 14.7 Å². The Kier molecular flexibility index (Phi) is 3.70. The van der Waals surface area contributed by atoms with Gasteiger partial charge in [0.1, 0.15) is 6.54 Å². The lowest BCUT2D eigenvalue weighted by Crippen LogP contribution is -2.48. The Morgan fingerprint density at radius 2 is 2.05 bits per heavy atom. The minimum absolute atomic E-state index is 0.253. The first-order valence-electron chi connectivity index (χ1n) is 6.69. The van der Waals surface area contributed by atoms with E-state index in [1.165, 1.54) is 10.5 Å². The summed E-state index contributed by atoms with van der Waals surface area (Å²) in [6, 6.07) is 5.52. The van der Waals surface area contributed by atoms with Gasteiger partial charge < -0.3 is 15.3 Å². The second-order valence-electron chi connectivity index (χ2n) is 6.00. The molecule has 5 heteroatoms. The van der Waals surface area contributed by atoms with E-state index in [1.807, 2.05) is 32.9 Å². The number of aliphatic carboxylic acids is 1. The fourth-order valence-electron chi connectivity index (χ4n) is 2.33. The fraction of sp³-hybridized carbons (Fsp3) is 0.467. The number of nitrogens with one attached hydrogen (secondary N) is 1. The summed E-state index contributed by atoms with van der Waals surface area (Å²) in [5.41, 5.74) is 2.15. The van der Waals surface area contributed by atoms with E-state index in [9.17, 15) is 9.59 Å². The minimum atomic E-state index is -1.01. The van der Waals surface area contributed by atoms with Crippen LogP contribution in [0, 0.1) is 0 Å². The van der Waals surface area contributed by atoms with Gasteiger partial charge in [0.25, 0.3) is 5.91 Å². The van der Waals surface area contributed by atoms with Crippen molar-refractivity contribution in [3.63, 3.8) is 0 Å². The maximum absolute atomic E-state index is 12.6. The summed E-state index contributed by atoms with van der Waals surface area (Å²) in [5, 5.41) is 12.2. The lowest BCUT2D eigenvalue weighted by atomic mass is 10.0. The molecule has 1 aromatic carbocycles. The number of anilines is 1. The highest BCUT2D eigenvalue weighted by molar-refractivity contribution is 5.97. The van der Waals surface area contributed by atoms with Crippen LogP contribution in [0.5, 0.6) is 0 Å². The first kappa shape index (κ1) is 14.4. The summed E-state index contributed by atoms with van der Waals surface area (Å²) < 4.78 is 0. The second-order valence-corrected chi connectivity index (χ2v) is 6.00. The van der Waals surface area contributed by atoms with Crippen LogP contribution in [0.4, 0.5) is 5.69 Å². The first-order chi connectivity index (χ1) is 9.29. The van der Waals surface area contributed by atoms with E-state index in [4.69, 9.17) is 5.11 Å². The molecule has 1 amide bonds. The molecule has 1 heterocycles. The lowest BCUT2D eigenvalue weighted by molar-refractivity contribution is -0.138. The molecular formula is C15H20N2O3. The Hall–Kier alpha value is -2.04. The molecule has 0 atom stereocenters. The van der Waals surface area contributed by atoms with E-state index in [0.29, 0.717) is 5.56 Å². The molecule has 1 aliphatic rings. The zero-order chi connectivity index (χ0) is 14.9. The van der Waals surface area contributed by atoms with Crippen LogP contribution >= 0.6 is 0 Å². The van der Waals surface area contributed by atoms with Gasteiger partial charge in [0.05, 0.1) is 0 Å². The van der Waals surface area contributed by atoms with E-state index in [-0.39, 0.29) is 12.5 Å². The molecule has 0 unspecified atom stereocenters. The molecule has 0 bridgehead atoms. The fourth-order valence-corrected chi connectivity index (χ4v) is 2.33. The van der Waals surface area contributed by atoms with Gasteiger partial charge in [-0.05, 0) is 44.9 Å². The summed E-state index contributed by atoms with van der Waals surface area (Å²) in [6.45, 7) is 6.08. The molecule has 2 N–H and O–H groups in total. The molecule has 0 radical (unpaired) electrons. The number of hydrogen-bond acceptors (Lipinski definition) is 3. The highest BCUT2D eigenvalue weighted by Crippen LogP contribution is 2.25. The van der Waals surface area contributed by atoms with Gasteiger partial charge in [0.15, 0.2) is 0 Å². The molecule has 0 aliphatic carbocycles. The lowest BCUT2D eigenvalue weighted by Gasteiger charge is -2.34. The number of carbonyl (C=O) groups excluding carboxylic acids is 1. The second kappa shape index (κ2) is 5.15. The minimum Gasteiger partial charge on any atom is -0.480 e. The van der Waals surface area contributed by atoms with Crippen LogP contribution in [0.2, 0.25) is 0 Å². The van der Waals surface area contributed by atoms with Crippen LogP contribution in [0.1, 0.15) is 36.7 Å². The number of carboxylic acids is 1. The van der Waals surface area contributed by atoms with E-state index >= 15 is 0 Å². The van der Waals surface area contributed by atoms with E-state index in [1.54, 1.807) is 6.07 Å². The molecule has 0 saturated carbocycles. The molecule has 0 spiro atoms. The zero-order valence-electron chi connectivity index (χ0n) is 12.1. The van der Waals surface area contributed by atoms with Gasteiger partial charge in [-0.2, -0.15) is 0 Å². The van der Waals surface area contributed by atoms with E-state index < -0.39 is 11.5 Å². The molecule has 108 valence electrons. The highest BCUT2D eigenvalue weighted by Gasteiger charge is 2.29. The van der Waals surface area contributed by atoms with Gasteiger partial charge in [-0.3, -0.25) is 9.59 Å². The summed E-state index contributed by atoms with van der Waals surface area (Å²) >= 11 is 0. The standard InChI is InChI=1S/C15H20N2O3/c1-15(2,3)17(9-13(18)19)14(20)11-5-4-10-6-7-16-12(10)8-11/h4-5,8,16H,6-7,9H2,1-3H3,(H,18,19). The van der Waals surface area contributed by atoms with Crippen molar-refractivity contribution >= 4 is 17.6 Å². The Morgan fingerprint density at radius 3 is 2.65 bits per heavy atom. The molecule has 1 aliphatic heterocycles. The van der Waals surface area contributed by atoms with Crippen molar-refractivity contribution in [3.8, 4) is 0 Å². The largest absolute Gasteiger partial charge is 0.480 e. The smallest absolute Gasteiger partial charge is 0.323 e. The average molecular weight is 276 g/mol. The van der Waals surface area contributed by atoms with Crippen molar-refractivity contribution in [1.29, 1.82) is 0 Å². The third kappa shape index (κ3) is 2.92. The summed E-state index contributed by atoms with van der Waals surface area (Å²) in [5.74, 6) is -1.26. The summed E-state index contributed by atoms with van der Waals surface area (Å²) in [6.07, 6.45) is 0.960. The molecule has 0 fully saturated rings. The van der Waals surface area contributed by atoms with Crippen molar-refractivity contribution in [2.45, 2.75) is 32.7 Å². The number of carbonyl (C=O) groups is 2. The normalized spacial score (nSPS) is 13.6. The number of rotatable bonds is 3. The van der Waals surface area contributed by atoms with Gasteiger partial charge in [0.2, 0.25) is 0 Å². The van der Waals surface area contributed by atoms with Crippen molar-refractivity contribution in [1.82, 2.24) is 4.90 Å². The van der Waals surface area contributed by atoms with Gasteiger partial charge in [-0.1, -0.05) is 6.07 Å². The molecule has 0 saturated heterocycles. The number of amides is 1. The van der Waals surface area contributed by atoms with Crippen LogP contribution in [0.25, 0.3) is 0 Å². The summed E-state index contributed by atoms with van der Waals surface area (Å²) in [4.78, 5) is 24.9. The third-order valence-electron chi connectivity index (χ3n) is 3.41. The van der Waals surface area contributed by atoms with Gasteiger partial charge in [-0.25, -0.2) is 0 Å². The van der Waals surface area contributed by atoms with Crippen LogP contribution in [-0.4, -0.2) is 40.5 Å². The molecule has 1 aromatic rings. The summed E-state index contributed by atoms with van der Waals surface area (Å²) in [7, 11) is 0. The monoisotopic (exact) mass is 276 g/mol. The SMILES string of the molecule is CC(C)(C)N(CC(=O)O)C(=O)c1ccc2c(c1)NCC2. The maximum Gasteiger partial charge on any atom is 0.323 e. The quantitative estimate of drug-likeness (QED) is 0.885. The molecule has 20 heavy (non-hydrogen) atoms. The molecule has 0 aromatic heterocycles. The van der Waals surface area contributed by atoms with Crippen LogP contribution < -0.4 is 5.32 Å². The van der Waals surface area contributed by atoms with Gasteiger partial charge in [-0.15, -0.1) is 0 Å². The van der Waals surface area contributed by atoms with E-state index in [2.05, 4.69) is 5.32 Å². The Labute approximate surface area is 118 Å². The number of nitrogens with zero attached hydrogens (tertiary/aromatic N) is 1. The number of hydrogen-bond donors (Lipinski definition) is 2. The average Bonchev–Trinajstić information content (AvgIpc) is 2.80. The number of fused-ring (bicyclic) bond motifs is 1. The van der Waals surface area contributed by atoms with Crippen molar-refractivity contribution in [3.05, 3.63) is 29.3 Å². The van der Waals surface area contributed by atoms with E-state index in [0.717, 1.165) is 18.7 Å². The molecule has 5 nitrogen and oxygen atoms in total. The van der Waals surface area contributed by atoms with Crippen molar-refractivity contribution in [2.75, 3.05) is 18.4 Å². The van der Waals surface area contributed by atoms with Crippen molar-refractivity contribution in [2.24, 2.45) is 0 Å². The number of carboxylic acid groups (broad SMARTS) is 1. The predicted octanol–water partition coefficient (Wildman–Crippen LogP) is 1.98. The topological polar surface area (TPSA) is 69.6 Å².